The quantitative estimate of drug-likeness (QED) is 0.0286. The molecule has 0 radical (unpaired) electrons. The van der Waals surface area contributed by atoms with E-state index in [9.17, 15) is 0 Å². The number of benzene rings is 3. The molecule has 0 saturated heterocycles. The van der Waals surface area contributed by atoms with Gasteiger partial charge in [0.05, 0.1) is 0 Å². The van der Waals surface area contributed by atoms with E-state index in [1.807, 2.05) is 0 Å². The molecule has 0 amide bonds. The molecule has 0 aliphatic heterocycles. The minimum Gasteiger partial charge on any atom is -0.243 e. The zero-order chi connectivity index (χ0) is 53.3. The second kappa shape index (κ2) is 33.4. The fourth-order valence-electron chi connectivity index (χ4n) is 14.2. The summed E-state index contributed by atoms with van der Waals surface area (Å²) in [7, 11) is 0. The van der Waals surface area contributed by atoms with E-state index < -0.39 is 0 Å². The van der Waals surface area contributed by atoms with Crippen LogP contribution in [0.1, 0.15) is 332 Å². The number of fused-ring (bicyclic) bond motifs is 10. The standard InChI is InChI=1S/C68H104BrIN4O2/c1-5-9-13-17-21-25-29-33-37-41-45-67(46-42-38-34-30-26-22-18-14-10-6-2)55-50-54-56(49-53(55)61-57(67)51-59(69)63-65(61)73-75-71-63)68(47-43-39-35-31-27-23-19-15-11-7-3,48-44-40-36-32-28-24-20-16-12-8-4)58-52-60(70)64-66(62(54)58)74-76-72-64/h49-52H,5-48H2,1-4H3. The Labute approximate surface area is 485 Å². The van der Waals surface area contributed by atoms with Crippen molar-refractivity contribution in [3.8, 4) is 22.3 Å². The van der Waals surface area contributed by atoms with Gasteiger partial charge in [0, 0.05) is 30.0 Å². The normalized spacial score (nSPS) is 14.1. The van der Waals surface area contributed by atoms with E-state index in [1.165, 1.54) is 301 Å². The van der Waals surface area contributed by atoms with Crippen molar-refractivity contribution in [2.24, 2.45) is 0 Å². The smallest absolute Gasteiger partial charge is 0.150 e. The number of rotatable bonds is 44. The van der Waals surface area contributed by atoms with E-state index in [2.05, 4.69) is 101 Å². The molecule has 6 nitrogen and oxygen atoms in total. The number of hydrogen-bond acceptors (Lipinski definition) is 6. The highest BCUT2D eigenvalue weighted by molar-refractivity contribution is 14.1. The van der Waals surface area contributed by atoms with Crippen molar-refractivity contribution in [2.45, 2.75) is 321 Å². The van der Waals surface area contributed by atoms with Crippen molar-refractivity contribution in [3.05, 3.63) is 54.6 Å². The summed E-state index contributed by atoms with van der Waals surface area (Å²) >= 11 is 6.59. The fourth-order valence-corrected chi connectivity index (χ4v) is 15.3. The van der Waals surface area contributed by atoms with Crippen LogP contribution in [-0.2, 0) is 10.8 Å². The zero-order valence-corrected chi connectivity index (χ0v) is 52.5. The maximum Gasteiger partial charge on any atom is 0.150 e. The summed E-state index contributed by atoms with van der Waals surface area (Å²) in [6.07, 6.45) is 58.4. The fraction of sp³-hybridized carbons (Fsp3) is 0.735. The third-order valence-corrected chi connectivity index (χ3v) is 20.0. The molecular formula is C68H104BrIN4O2. The molecule has 7 rings (SSSR count). The Kier molecular flexibility index (Phi) is 27.0. The van der Waals surface area contributed by atoms with Crippen LogP contribution < -0.4 is 0 Å². The molecule has 8 heteroatoms. The Balaban J connectivity index is 1.25. The van der Waals surface area contributed by atoms with Gasteiger partial charge >= 0.3 is 0 Å². The maximum absolute atomic E-state index is 5.72. The molecule has 422 valence electrons. The molecule has 0 saturated carbocycles. The second-order valence-electron chi connectivity index (χ2n) is 24.3. The van der Waals surface area contributed by atoms with Gasteiger partial charge in [-0.2, -0.15) is 0 Å². The minimum absolute atomic E-state index is 0.123. The number of nitrogens with zero attached hydrogens (tertiary/aromatic N) is 4. The summed E-state index contributed by atoms with van der Waals surface area (Å²) in [5.41, 5.74) is 14.6. The predicted octanol–water partition coefficient (Wildman–Crippen LogP) is 23.9. The van der Waals surface area contributed by atoms with Crippen LogP contribution in [-0.4, -0.2) is 20.6 Å². The van der Waals surface area contributed by atoms with Crippen molar-refractivity contribution >= 4 is 60.6 Å². The highest BCUT2D eigenvalue weighted by Crippen LogP contribution is 2.63. The number of aromatic nitrogens is 4. The molecule has 2 aliphatic carbocycles. The second-order valence-corrected chi connectivity index (χ2v) is 26.3. The first-order valence-corrected chi connectivity index (χ1v) is 34.4. The SMILES string of the molecule is CCCCCCCCCCCCC1(CCCCCCCCCCCC)c2cc3c(cc2-c2c1cc(Br)c1nonc21)C(CCCCCCCCCCCC)(CCCCCCCCCCCC)c1cc(I)c2nonc2c1-3. The monoisotopic (exact) mass is 1210 g/mol. The number of halogens is 2. The molecule has 3 aromatic carbocycles. The van der Waals surface area contributed by atoms with Crippen LogP contribution in [0.4, 0.5) is 0 Å². The molecule has 5 aromatic rings. The van der Waals surface area contributed by atoms with E-state index in [4.69, 9.17) is 19.6 Å². The minimum atomic E-state index is -0.140. The molecule has 0 bridgehead atoms. The Bertz CT molecular complexity index is 2220. The van der Waals surface area contributed by atoms with E-state index >= 15 is 0 Å². The first-order chi connectivity index (χ1) is 37.5. The molecule has 2 aromatic heterocycles. The Morgan fingerprint density at radius 3 is 0.921 bits per heavy atom. The van der Waals surface area contributed by atoms with Crippen molar-refractivity contribution in [2.75, 3.05) is 0 Å². The summed E-state index contributed by atoms with van der Waals surface area (Å²) in [6, 6.07) is 10.4. The summed E-state index contributed by atoms with van der Waals surface area (Å²) in [5.74, 6) is 0. The Hall–Kier alpha value is -2.33. The van der Waals surface area contributed by atoms with Crippen LogP contribution in [0.3, 0.4) is 0 Å². The Morgan fingerprint density at radius 1 is 0.329 bits per heavy atom. The lowest BCUT2D eigenvalue weighted by Gasteiger charge is -2.35. The molecular weight excluding hydrogens is 1110 g/mol. The molecule has 0 N–H and O–H groups in total. The van der Waals surface area contributed by atoms with Crippen LogP contribution >= 0.6 is 38.5 Å². The average Bonchev–Trinajstić information content (AvgIpc) is 4.38. The molecule has 0 atom stereocenters. The third-order valence-electron chi connectivity index (χ3n) is 18.6. The van der Waals surface area contributed by atoms with Gasteiger partial charge in [-0.3, -0.25) is 0 Å². The van der Waals surface area contributed by atoms with E-state index in [0.29, 0.717) is 0 Å². The highest BCUT2D eigenvalue weighted by atomic mass is 127. The van der Waals surface area contributed by atoms with Gasteiger partial charge in [-0.15, -0.1) is 0 Å². The predicted molar refractivity (Wildman–Crippen MR) is 336 cm³/mol. The topological polar surface area (TPSA) is 77.8 Å². The van der Waals surface area contributed by atoms with E-state index in [1.54, 1.807) is 0 Å². The highest BCUT2D eigenvalue weighted by Gasteiger charge is 2.50. The summed E-state index contributed by atoms with van der Waals surface area (Å²) in [6.45, 7) is 9.28. The van der Waals surface area contributed by atoms with Crippen LogP contribution in [0.15, 0.2) is 38.0 Å². The van der Waals surface area contributed by atoms with Crippen molar-refractivity contribution in [1.29, 1.82) is 0 Å². The lowest BCUT2D eigenvalue weighted by atomic mass is 9.68. The first kappa shape index (κ1) is 61.3. The van der Waals surface area contributed by atoms with Gasteiger partial charge in [0.25, 0.3) is 0 Å². The van der Waals surface area contributed by atoms with Crippen LogP contribution in [0, 0.1) is 3.57 Å². The molecule has 0 unspecified atom stereocenters. The van der Waals surface area contributed by atoms with Crippen molar-refractivity contribution in [1.82, 2.24) is 20.6 Å². The maximum atomic E-state index is 5.72. The summed E-state index contributed by atoms with van der Waals surface area (Å²) in [4.78, 5) is 0. The largest absolute Gasteiger partial charge is 0.243 e. The van der Waals surface area contributed by atoms with E-state index in [-0.39, 0.29) is 10.8 Å². The van der Waals surface area contributed by atoms with Gasteiger partial charge in [-0.05, 0) is 142 Å². The lowest BCUT2D eigenvalue weighted by molar-refractivity contribution is 0.315. The molecule has 2 aliphatic rings. The molecule has 76 heavy (non-hydrogen) atoms. The number of unbranched alkanes of at least 4 members (excludes halogenated alkanes) is 36. The van der Waals surface area contributed by atoms with Gasteiger partial charge < -0.3 is 0 Å². The zero-order valence-electron chi connectivity index (χ0n) is 48.8. The first-order valence-electron chi connectivity index (χ1n) is 32.6. The van der Waals surface area contributed by atoms with Crippen molar-refractivity contribution in [3.63, 3.8) is 0 Å². The van der Waals surface area contributed by atoms with Gasteiger partial charge in [-0.25, -0.2) is 9.26 Å². The summed E-state index contributed by atoms with van der Waals surface area (Å²) in [5, 5.41) is 18.8. The summed E-state index contributed by atoms with van der Waals surface area (Å²) < 4.78 is 13.6. The van der Waals surface area contributed by atoms with Gasteiger partial charge in [0.15, 0.2) is 0 Å². The third kappa shape index (κ3) is 16.0. The lowest BCUT2D eigenvalue weighted by Crippen LogP contribution is -2.27. The molecule has 2 heterocycles. The van der Waals surface area contributed by atoms with E-state index in [0.717, 1.165) is 55.8 Å². The van der Waals surface area contributed by atoms with Crippen LogP contribution in [0.25, 0.3) is 44.3 Å². The Morgan fingerprint density at radius 2 is 0.592 bits per heavy atom. The van der Waals surface area contributed by atoms with Gasteiger partial charge in [0.2, 0.25) is 0 Å². The van der Waals surface area contributed by atoms with Gasteiger partial charge in [0.1, 0.15) is 22.1 Å². The average molecular weight is 1220 g/mol. The number of hydrogen-bond donors (Lipinski definition) is 0. The van der Waals surface area contributed by atoms with Crippen molar-refractivity contribution < 1.29 is 9.26 Å². The van der Waals surface area contributed by atoms with Crippen LogP contribution in [0.2, 0.25) is 0 Å². The molecule has 0 spiro atoms. The van der Waals surface area contributed by atoms with Crippen LogP contribution in [0.5, 0.6) is 0 Å². The molecule has 0 fully saturated rings. The van der Waals surface area contributed by atoms with Gasteiger partial charge in [-0.1, -0.05) is 285 Å².